The van der Waals surface area contributed by atoms with Crippen molar-refractivity contribution in [1.82, 2.24) is 10.5 Å². The van der Waals surface area contributed by atoms with Crippen molar-refractivity contribution in [1.29, 1.82) is 0 Å². The van der Waals surface area contributed by atoms with E-state index in [9.17, 15) is 9.59 Å². The number of ketones is 1. The van der Waals surface area contributed by atoms with Crippen molar-refractivity contribution >= 4 is 46.8 Å². The van der Waals surface area contributed by atoms with E-state index < -0.39 is 24.2 Å². The molecule has 0 atom stereocenters. The maximum absolute atomic E-state index is 13.3. The van der Waals surface area contributed by atoms with Crippen LogP contribution in [-0.2, 0) is 32.0 Å². The number of Topliss-reactive ketones (excluding diaryl/α,β-unsaturated/α-hetero) is 1. The Morgan fingerprint density at radius 3 is 2.36 bits per heavy atom. The molecule has 244 valence electrons. The Bertz CT molecular complexity index is 1790. The average molecular weight is 657 g/mol. The van der Waals surface area contributed by atoms with Gasteiger partial charge < -0.3 is 18.8 Å². The number of methoxy groups -OCH3 is 1. The highest BCUT2D eigenvalue weighted by Crippen LogP contribution is 2.37. The highest BCUT2D eigenvalue weighted by Gasteiger charge is 2.51. The number of carbonyl (C=O) groups excluding carboxylic acids is 2. The zero-order valence-electron chi connectivity index (χ0n) is 27.2. The van der Waals surface area contributed by atoms with Gasteiger partial charge in [-0.05, 0) is 87.3 Å². The quantitative estimate of drug-likeness (QED) is 0.132. The van der Waals surface area contributed by atoms with E-state index in [0.717, 1.165) is 29.4 Å². The van der Waals surface area contributed by atoms with Crippen LogP contribution < -0.4 is 20.4 Å². The number of halogens is 1. The third-order valence-electron chi connectivity index (χ3n) is 9.03. The second kappa shape index (κ2) is 13.3. The first-order valence-corrected chi connectivity index (χ1v) is 16.1. The lowest BCUT2D eigenvalue weighted by molar-refractivity contribution is -0.118. The normalized spacial score (nSPS) is 16.7. The second-order valence-electron chi connectivity index (χ2n) is 13.1. The highest BCUT2D eigenvalue weighted by atomic mass is 35.5. The van der Waals surface area contributed by atoms with E-state index in [1.54, 1.807) is 36.5 Å². The first-order chi connectivity index (χ1) is 22.4. The van der Waals surface area contributed by atoms with Gasteiger partial charge in [0.2, 0.25) is 0 Å². The minimum atomic E-state index is -0.490. The topological polar surface area (TPSA) is 105 Å². The van der Waals surface area contributed by atoms with Crippen LogP contribution in [0.4, 0.5) is 0 Å². The van der Waals surface area contributed by atoms with Gasteiger partial charge in [0.1, 0.15) is 23.0 Å². The molecule has 1 aliphatic heterocycles. The molecule has 4 aromatic rings. The number of fused-ring (bicyclic) bond motifs is 1. The maximum Gasteiger partial charge on any atom is 0.494 e. The highest BCUT2D eigenvalue weighted by molar-refractivity contribution is 6.62. The molecule has 1 saturated carbocycles. The van der Waals surface area contributed by atoms with E-state index in [2.05, 4.69) is 10.5 Å². The van der Waals surface area contributed by atoms with Gasteiger partial charge in [0.15, 0.2) is 0 Å². The van der Waals surface area contributed by atoms with Crippen LogP contribution in [0.2, 0.25) is 5.02 Å². The molecule has 0 radical (unpaired) electrons. The number of ether oxygens (including phenoxy) is 2. The molecule has 1 N–H and O–H groups in total. The molecule has 47 heavy (non-hydrogen) atoms. The number of aromatic nitrogens is 1. The van der Waals surface area contributed by atoms with E-state index in [-0.39, 0.29) is 18.0 Å². The van der Waals surface area contributed by atoms with Gasteiger partial charge in [-0.1, -0.05) is 41.9 Å². The first kappa shape index (κ1) is 33.0. The maximum atomic E-state index is 13.3. The Balaban J connectivity index is 1.11. The van der Waals surface area contributed by atoms with Gasteiger partial charge in [-0.3, -0.25) is 19.4 Å². The van der Waals surface area contributed by atoms with E-state index in [1.807, 2.05) is 58.0 Å². The summed E-state index contributed by atoms with van der Waals surface area (Å²) >= 11 is 6.53. The number of hydroxylamine groups is 1. The number of pyridine rings is 1. The van der Waals surface area contributed by atoms with Gasteiger partial charge in [0.05, 0.1) is 36.0 Å². The molecule has 9 nitrogen and oxygen atoms in total. The van der Waals surface area contributed by atoms with Crippen molar-refractivity contribution in [2.24, 2.45) is 5.92 Å². The SMILES string of the molecule is COc1cc2nccc(Oc3ccc(CC(=O)CC4CC4)c(Cl)c3)c2cc1C(=O)NOCc1ccc(B2OC(C)(C)C(C)(C)O2)cc1. The lowest BCUT2D eigenvalue weighted by atomic mass is 9.79. The van der Waals surface area contributed by atoms with Gasteiger partial charge in [-0.2, -0.15) is 0 Å². The minimum Gasteiger partial charge on any atom is -0.496 e. The molecule has 11 heteroatoms. The number of nitrogens with zero attached hydrogens (tertiary/aromatic N) is 1. The Labute approximate surface area is 279 Å². The predicted octanol–water partition coefficient (Wildman–Crippen LogP) is 6.76. The summed E-state index contributed by atoms with van der Waals surface area (Å²) in [6.45, 7) is 8.21. The monoisotopic (exact) mass is 656 g/mol. The summed E-state index contributed by atoms with van der Waals surface area (Å²) in [6, 6.07) is 18.0. The number of carbonyl (C=O) groups is 2. The summed E-state index contributed by atoms with van der Waals surface area (Å²) in [6.07, 6.45) is 4.80. The second-order valence-corrected chi connectivity index (χ2v) is 13.6. The van der Waals surface area contributed by atoms with Crippen LogP contribution in [0.3, 0.4) is 0 Å². The molecule has 0 spiro atoms. The molecule has 2 fully saturated rings. The summed E-state index contributed by atoms with van der Waals surface area (Å²) in [5, 5.41) is 1.06. The number of rotatable bonds is 12. The third-order valence-corrected chi connectivity index (χ3v) is 9.38. The average Bonchev–Trinajstić information content (AvgIpc) is 3.81. The van der Waals surface area contributed by atoms with Crippen LogP contribution in [0, 0.1) is 5.92 Å². The van der Waals surface area contributed by atoms with Gasteiger partial charge in [-0.25, -0.2) is 5.48 Å². The van der Waals surface area contributed by atoms with Crippen molar-refractivity contribution in [2.75, 3.05) is 7.11 Å². The smallest absolute Gasteiger partial charge is 0.494 e. The molecule has 1 aromatic heterocycles. The fourth-order valence-corrected chi connectivity index (χ4v) is 5.60. The molecular formula is C36H38BClN2O7. The van der Waals surface area contributed by atoms with E-state index >= 15 is 0 Å². The molecule has 0 unspecified atom stereocenters. The molecule has 0 bridgehead atoms. The van der Waals surface area contributed by atoms with Crippen LogP contribution in [0.15, 0.2) is 66.9 Å². The largest absolute Gasteiger partial charge is 0.496 e. The van der Waals surface area contributed by atoms with Gasteiger partial charge in [0.25, 0.3) is 5.91 Å². The zero-order chi connectivity index (χ0) is 33.3. The number of amides is 1. The Morgan fingerprint density at radius 2 is 1.70 bits per heavy atom. The van der Waals surface area contributed by atoms with Crippen molar-refractivity contribution in [3.05, 3.63) is 88.6 Å². The summed E-state index contributed by atoms with van der Waals surface area (Å²) in [7, 11) is 1.03. The zero-order valence-corrected chi connectivity index (χ0v) is 28.0. The van der Waals surface area contributed by atoms with Crippen molar-refractivity contribution in [2.45, 2.75) is 71.2 Å². The van der Waals surface area contributed by atoms with Crippen LogP contribution in [0.1, 0.15) is 68.4 Å². The minimum absolute atomic E-state index is 0.143. The first-order valence-electron chi connectivity index (χ1n) is 15.7. The van der Waals surface area contributed by atoms with Gasteiger partial charge >= 0.3 is 7.12 Å². The van der Waals surface area contributed by atoms with Gasteiger partial charge in [-0.15, -0.1) is 0 Å². The Hall–Kier alpha value is -3.96. The summed E-state index contributed by atoms with van der Waals surface area (Å²) in [4.78, 5) is 35.6. The fraction of sp³-hybridized carbons (Fsp3) is 0.361. The van der Waals surface area contributed by atoms with Crippen LogP contribution in [0.5, 0.6) is 17.2 Å². The molecule has 1 aliphatic carbocycles. The van der Waals surface area contributed by atoms with Gasteiger partial charge in [0, 0.05) is 35.5 Å². The third kappa shape index (κ3) is 7.46. The van der Waals surface area contributed by atoms with E-state index in [4.69, 9.17) is 35.2 Å². The number of benzene rings is 3. The number of hydrogen-bond donors (Lipinski definition) is 1. The molecular weight excluding hydrogens is 619 g/mol. The molecule has 1 amide bonds. The van der Waals surface area contributed by atoms with Crippen molar-refractivity contribution in [3.63, 3.8) is 0 Å². The predicted molar refractivity (Wildman–Crippen MR) is 180 cm³/mol. The molecule has 6 rings (SSSR count). The number of hydrogen-bond acceptors (Lipinski definition) is 8. The molecule has 1 saturated heterocycles. The van der Waals surface area contributed by atoms with Crippen LogP contribution in [-0.4, -0.2) is 42.1 Å². The summed E-state index contributed by atoms with van der Waals surface area (Å²) < 4.78 is 24.0. The number of nitrogens with one attached hydrogen (secondary N) is 1. The molecule has 2 aliphatic rings. The van der Waals surface area contributed by atoms with Crippen molar-refractivity contribution in [3.8, 4) is 17.2 Å². The lowest BCUT2D eigenvalue weighted by Gasteiger charge is -2.32. The molecule has 2 heterocycles. The van der Waals surface area contributed by atoms with E-state index in [0.29, 0.717) is 51.9 Å². The fourth-order valence-electron chi connectivity index (χ4n) is 5.36. The van der Waals surface area contributed by atoms with Crippen molar-refractivity contribution < 1.29 is 33.2 Å². The summed E-state index contributed by atoms with van der Waals surface area (Å²) in [5.74, 6) is 1.54. The molecule has 3 aromatic carbocycles. The Morgan fingerprint density at radius 1 is 0.979 bits per heavy atom. The Kier molecular flexibility index (Phi) is 9.31. The summed E-state index contributed by atoms with van der Waals surface area (Å²) in [5.41, 5.74) is 5.02. The van der Waals surface area contributed by atoms with Crippen LogP contribution >= 0.6 is 11.6 Å². The standard InChI is InChI=1S/C36H38BClN2O7/c1-35(2)36(3,4)47-37(46-35)25-11-8-23(9-12-25)21-44-40-34(42)29-19-28-31(20-33(29)43-5)39-15-14-32(28)45-27-13-10-24(30(38)18-27)17-26(41)16-22-6-7-22/h8-15,18-20,22H,6-7,16-17,21H2,1-5H3,(H,40,42). The van der Waals surface area contributed by atoms with Crippen LogP contribution in [0.25, 0.3) is 10.9 Å². The lowest BCUT2D eigenvalue weighted by Crippen LogP contribution is -2.41. The van der Waals surface area contributed by atoms with E-state index in [1.165, 1.54) is 7.11 Å².